The molecule has 0 spiro atoms. The van der Waals surface area contributed by atoms with E-state index >= 15 is 0 Å². The summed E-state index contributed by atoms with van der Waals surface area (Å²) in [5, 5.41) is 3.79. The molecular weight excluding hydrogens is 270 g/mol. The molecule has 1 aliphatic heterocycles. The summed E-state index contributed by atoms with van der Waals surface area (Å²) in [5.74, 6) is 0.194. The Kier molecular flexibility index (Phi) is 3.94. The molecule has 1 aromatic rings. The zero-order valence-electron chi connectivity index (χ0n) is 12.3. The molecule has 1 saturated carbocycles. The van der Waals surface area contributed by atoms with Gasteiger partial charge in [-0.2, -0.15) is 0 Å². The second-order valence-corrected chi connectivity index (χ2v) is 5.95. The number of hydrogen-bond donors (Lipinski definition) is 0. The van der Waals surface area contributed by atoms with Crippen LogP contribution in [-0.4, -0.2) is 51.9 Å². The minimum Gasteiger partial charge on any atom is -0.364 e. The van der Waals surface area contributed by atoms with Crippen molar-refractivity contribution in [3.63, 3.8) is 0 Å². The number of carbonyl (C=O) groups excluding carboxylic acids is 2. The number of nitrogens with zero attached hydrogens (tertiary/aromatic N) is 3. The smallest absolute Gasteiger partial charge is 0.229 e. The van der Waals surface area contributed by atoms with Crippen LogP contribution in [-0.2, 0) is 16.0 Å². The quantitative estimate of drug-likeness (QED) is 0.818. The zero-order chi connectivity index (χ0) is 14.8. The van der Waals surface area contributed by atoms with Gasteiger partial charge in [0.25, 0.3) is 0 Å². The zero-order valence-corrected chi connectivity index (χ0v) is 12.3. The standard InChI is InChI=1S/C15H21N3O3/c1-11(19)18(13-4-5-13)10-14-3-2-7-17(14)15(20)9-12-6-8-21-16-12/h6,8,13-14H,2-5,7,9-10H2,1H3. The normalized spacial score (nSPS) is 21.6. The third kappa shape index (κ3) is 3.25. The van der Waals surface area contributed by atoms with Gasteiger partial charge in [0.1, 0.15) is 6.26 Å². The van der Waals surface area contributed by atoms with E-state index in [-0.39, 0.29) is 24.3 Å². The molecule has 0 radical (unpaired) electrons. The number of hydrogen-bond acceptors (Lipinski definition) is 4. The molecule has 2 heterocycles. The molecule has 1 atom stereocenters. The predicted molar refractivity (Wildman–Crippen MR) is 75.4 cm³/mol. The van der Waals surface area contributed by atoms with Crippen molar-refractivity contribution < 1.29 is 14.1 Å². The SMILES string of the molecule is CC(=O)N(CC1CCCN1C(=O)Cc1ccon1)C1CC1. The fraction of sp³-hybridized carbons (Fsp3) is 0.667. The average Bonchev–Trinajstić information content (AvgIpc) is 2.97. The molecule has 6 nitrogen and oxygen atoms in total. The predicted octanol–water partition coefficient (Wildman–Crippen LogP) is 1.22. The van der Waals surface area contributed by atoms with E-state index in [0.29, 0.717) is 18.3 Å². The van der Waals surface area contributed by atoms with Crippen LogP contribution in [0, 0.1) is 0 Å². The molecule has 1 saturated heterocycles. The molecule has 1 aliphatic carbocycles. The highest BCUT2D eigenvalue weighted by molar-refractivity contribution is 5.79. The molecule has 0 N–H and O–H groups in total. The third-order valence-corrected chi connectivity index (χ3v) is 4.32. The van der Waals surface area contributed by atoms with Gasteiger partial charge >= 0.3 is 0 Å². The summed E-state index contributed by atoms with van der Waals surface area (Å²) in [4.78, 5) is 28.0. The summed E-state index contributed by atoms with van der Waals surface area (Å²) >= 11 is 0. The van der Waals surface area contributed by atoms with Crippen LogP contribution in [0.15, 0.2) is 16.9 Å². The van der Waals surface area contributed by atoms with Crippen molar-refractivity contribution in [1.82, 2.24) is 15.0 Å². The lowest BCUT2D eigenvalue weighted by atomic mass is 10.2. The largest absolute Gasteiger partial charge is 0.364 e. The second-order valence-electron chi connectivity index (χ2n) is 5.95. The number of rotatable bonds is 5. The number of amides is 2. The summed E-state index contributed by atoms with van der Waals surface area (Å²) in [5.41, 5.74) is 0.663. The highest BCUT2D eigenvalue weighted by Gasteiger charge is 2.36. The van der Waals surface area contributed by atoms with Crippen molar-refractivity contribution >= 4 is 11.8 Å². The second kappa shape index (κ2) is 5.87. The Labute approximate surface area is 124 Å². The minimum absolute atomic E-state index is 0.0747. The monoisotopic (exact) mass is 291 g/mol. The fourth-order valence-electron chi connectivity index (χ4n) is 3.09. The Morgan fingerprint density at radius 1 is 1.43 bits per heavy atom. The van der Waals surface area contributed by atoms with Crippen LogP contribution >= 0.6 is 0 Å². The van der Waals surface area contributed by atoms with E-state index in [1.807, 2.05) is 9.80 Å². The van der Waals surface area contributed by atoms with E-state index in [0.717, 1.165) is 32.2 Å². The van der Waals surface area contributed by atoms with Gasteiger partial charge in [-0.05, 0) is 25.7 Å². The lowest BCUT2D eigenvalue weighted by molar-refractivity contribution is -0.135. The number of aromatic nitrogens is 1. The summed E-state index contributed by atoms with van der Waals surface area (Å²) < 4.78 is 4.77. The van der Waals surface area contributed by atoms with Gasteiger partial charge in [0.2, 0.25) is 11.8 Å². The van der Waals surface area contributed by atoms with Crippen molar-refractivity contribution in [1.29, 1.82) is 0 Å². The first-order valence-corrected chi connectivity index (χ1v) is 7.61. The highest BCUT2D eigenvalue weighted by atomic mass is 16.5. The summed E-state index contributed by atoms with van der Waals surface area (Å²) in [6.07, 6.45) is 5.93. The van der Waals surface area contributed by atoms with E-state index in [1.54, 1.807) is 13.0 Å². The van der Waals surface area contributed by atoms with Crippen LogP contribution in [0.4, 0.5) is 0 Å². The van der Waals surface area contributed by atoms with Crippen molar-refractivity contribution in [2.45, 2.75) is 51.1 Å². The maximum Gasteiger partial charge on any atom is 0.229 e. The maximum atomic E-state index is 12.4. The summed E-state index contributed by atoms with van der Waals surface area (Å²) in [7, 11) is 0. The van der Waals surface area contributed by atoms with Crippen molar-refractivity contribution in [2.75, 3.05) is 13.1 Å². The molecule has 2 fully saturated rings. The first-order chi connectivity index (χ1) is 10.1. The van der Waals surface area contributed by atoms with E-state index in [4.69, 9.17) is 4.52 Å². The van der Waals surface area contributed by atoms with Crippen LogP contribution in [0.5, 0.6) is 0 Å². The third-order valence-electron chi connectivity index (χ3n) is 4.32. The van der Waals surface area contributed by atoms with Gasteiger partial charge in [-0.25, -0.2) is 0 Å². The Hall–Kier alpha value is -1.85. The molecule has 1 unspecified atom stereocenters. The van der Waals surface area contributed by atoms with Crippen LogP contribution < -0.4 is 0 Å². The van der Waals surface area contributed by atoms with E-state index in [1.165, 1.54) is 6.26 Å². The van der Waals surface area contributed by atoms with Gasteiger partial charge in [0.05, 0.1) is 12.1 Å². The van der Waals surface area contributed by atoms with E-state index in [2.05, 4.69) is 5.16 Å². The summed E-state index contributed by atoms with van der Waals surface area (Å²) in [6, 6.07) is 2.26. The molecule has 6 heteroatoms. The maximum absolute atomic E-state index is 12.4. The molecule has 0 aromatic carbocycles. The van der Waals surface area contributed by atoms with Gasteiger partial charge in [0, 0.05) is 38.2 Å². The molecule has 2 amide bonds. The van der Waals surface area contributed by atoms with Crippen LogP contribution in [0.2, 0.25) is 0 Å². The molecular formula is C15H21N3O3. The topological polar surface area (TPSA) is 66.7 Å². The van der Waals surface area contributed by atoms with Crippen LogP contribution in [0.25, 0.3) is 0 Å². The Balaban J connectivity index is 1.61. The van der Waals surface area contributed by atoms with Gasteiger partial charge in [0.15, 0.2) is 0 Å². The lowest BCUT2D eigenvalue weighted by Gasteiger charge is -2.30. The Bertz CT molecular complexity index is 510. The lowest BCUT2D eigenvalue weighted by Crippen LogP contribution is -2.46. The van der Waals surface area contributed by atoms with Crippen LogP contribution in [0.3, 0.4) is 0 Å². The van der Waals surface area contributed by atoms with Crippen molar-refractivity contribution in [3.8, 4) is 0 Å². The molecule has 1 aromatic heterocycles. The minimum atomic E-state index is 0.0747. The van der Waals surface area contributed by atoms with Crippen molar-refractivity contribution in [3.05, 3.63) is 18.0 Å². The number of carbonyl (C=O) groups is 2. The van der Waals surface area contributed by atoms with E-state index < -0.39 is 0 Å². The van der Waals surface area contributed by atoms with Crippen LogP contribution in [0.1, 0.15) is 38.3 Å². The van der Waals surface area contributed by atoms with E-state index in [9.17, 15) is 9.59 Å². The Morgan fingerprint density at radius 2 is 2.24 bits per heavy atom. The molecule has 0 bridgehead atoms. The van der Waals surface area contributed by atoms with Gasteiger partial charge in [-0.3, -0.25) is 9.59 Å². The first-order valence-electron chi connectivity index (χ1n) is 7.61. The first kappa shape index (κ1) is 14.1. The highest BCUT2D eigenvalue weighted by Crippen LogP contribution is 2.29. The molecule has 3 rings (SSSR count). The fourth-order valence-corrected chi connectivity index (χ4v) is 3.09. The van der Waals surface area contributed by atoms with Gasteiger partial charge in [-0.15, -0.1) is 0 Å². The molecule has 114 valence electrons. The molecule has 21 heavy (non-hydrogen) atoms. The van der Waals surface area contributed by atoms with Crippen molar-refractivity contribution in [2.24, 2.45) is 0 Å². The molecule has 2 aliphatic rings. The number of likely N-dealkylation sites (tertiary alicyclic amines) is 1. The van der Waals surface area contributed by atoms with Gasteiger partial charge < -0.3 is 14.3 Å². The Morgan fingerprint density at radius 3 is 2.86 bits per heavy atom. The average molecular weight is 291 g/mol. The van der Waals surface area contributed by atoms with Gasteiger partial charge in [-0.1, -0.05) is 5.16 Å². The summed E-state index contributed by atoms with van der Waals surface area (Å²) in [6.45, 7) is 3.07.